The molecule has 0 saturated carbocycles. The van der Waals surface area contributed by atoms with Crippen LogP contribution in [0, 0.1) is 18.7 Å². The van der Waals surface area contributed by atoms with Gasteiger partial charge in [-0.3, -0.25) is 9.59 Å². The van der Waals surface area contributed by atoms with Gasteiger partial charge in [-0.25, -0.2) is 17.5 Å². The van der Waals surface area contributed by atoms with Crippen LogP contribution in [0.3, 0.4) is 0 Å². The SMILES string of the molecule is Cc1cc(-c2ccccc2)cc(C(=O)CNS(=O)(=O)CC2CCCN(C(=O)CCN(C)C)C2)c1F. The van der Waals surface area contributed by atoms with Crippen LogP contribution in [-0.4, -0.2) is 75.9 Å². The molecule has 0 radical (unpaired) electrons. The van der Waals surface area contributed by atoms with Crippen LogP contribution in [0.4, 0.5) is 4.39 Å². The summed E-state index contributed by atoms with van der Waals surface area (Å²) in [7, 11) is 0.0156. The van der Waals surface area contributed by atoms with E-state index in [0.717, 1.165) is 12.0 Å². The van der Waals surface area contributed by atoms with Gasteiger partial charge in [0, 0.05) is 26.1 Å². The van der Waals surface area contributed by atoms with E-state index in [9.17, 15) is 22.4 Å². The Morgan fingerprint density at radius 1 is 1.14 bits per heavy atom. The molecular formula is C26H34FN3O4S. The molecule has 0 bridgehead atoms. The highest BCUT2D eigenvalue weighted by atomic mass is 32.2. The Labute approximate surface area is 207 Å². The number of hydrogen-bond donors (Lipinski definition) is 1. The van der Waals surface area contributed by atoms with E-state index in [0.29, 0.717) is 43.6 Å². The molecule has 1 atom stereocenters. The summed E-state index contributed by atoms with van der Waals surface area (Å²) in [5, 5.41) is 0. The van der Waals surface area contributed by atoms with E-state index in [-0.39, 0.29) is 23.1 Å². The smallest absolute Gasteiger partial charge is 0.223 e. The van der Waals surface area contributed by atoms with E-state index >= 15 is 0 Å². The average Bonchev–Trinajstić information content (AvgIpc) is 2.83. The quantitative estimate of drug-likeness (QED) is 0.504. The van der Waals surface area contributed by atoms with Crippen LogP contribution in [0.5, 0.6) is 0 Å². The number of rotatable bonds is 10. The summed E-state index contributed by atoms with van der Waals surface area (Å²) in [4.78, 5) is 28.9. The minimum atomic E-state index is -3.78. The summed E-state index contributed by atoms with van der Waals surface area (Å²) in [6, 6.07) is 12.4. The molecule has 7 nitrogen and oxygen atoms in total. The zero-order valence-electron chi connectivity index (χ0n) is 20.6. The molecule has 1 amide bonds. The van der Waals surface area contributed by atoms with Gasteiger partial charge in [0.15, 0.2) is 5.78 Å². The van der Waals surface area contributed by atoms with E-state index in [1.807, 2.05) is 49.3 Å². The average molecular weight is 504 g/mol. The summed E-state index contributed by atoms with van der Waals surface area (Å²) in [5.74, 6) is -1.64. The number of aryl methyl sites for hydroxylation is 1. The van der Waals surface area contributed by atoms with Gasteiger partial charge in [0.05, 0.1) is 17.9 Å². The molecule has 0 aromatic heterocycles. The molecule has 0 aliphatic carbocycles. The number of sulfonamides is 1. The fourth-order valence-electron chi connectivity index (χ4n) is 4.31. The van der Waals surface area contributed by atoms with Crippen molar-refractivity contribution in [3.8, 4) is 11.1 Å². The van der Waals surface area contributed by atoms with Gasteiger partial charge in [0.2, 0.25) is 15.9 Å². The molecule has 1 unspecified atom stereocenters. The predicted octanol–water partition coefficient (Wildman–Crippen LogP) is 3.09. The maximum atomic E-state index is 14.7. The van der Waals surface area contributed by atoms with Crippen molar-refractivity contribution in [1.82, 2.24) is 14.5 Å². The van der Waals surface area contributed by atoms with Crippen LogP contribution in [0.25, 0.3) is 11.1 Å². The van der Waals surface area contributed by atoms with Gasteiger partial charge < -0.3 is 9.80 Å². The highest BCUT2D eigenvalue weighted by Crippen LogP contribution is 2.25. The second-order valence-electron chi connectivity index (χ2n) is 9.45. The molecule has 1 N–H and O–H groups in total. The molecule has 35 heavy (non-hydrogen) atoms. The van der Waals surface area contributed by atoms with E-state index in [1.165, 1.54) is 6.07 Å². The second-order valence-corrected chi connectivity index (χ2v) is 11.3. The summed E-state index contributed by atoms with van der Waals surface area (Å²) in [6.07, 6.45) is 1.83. The van der Waals surface area contributed by atoms with Crippen LogP contribution in [0.15, 0.2) is 42.5 Å². The van der Waals surface area contributed by atoms with Crippen LogP contribution in [0.2, 0.25) is 0 Å². The Bertz CT molecular complexity index is 1150. The number of Topliss-reactive ketones (excluding diaryl/α,β-unsaturated/α-hetero) is 1. The van der Waals surface area contributed by atoms with Gasteiger partial charge in [-0.15, -0.1) is 0 Å². The van der Waals surface area contributed by atoms with Gasteiger partial charge >= 0.3 is 0 Å². The minimum absolute atomic E-state index is 0.0214. The monoisotopic (exact) mass is 503 g/mol. The third-order valence-electron chi connectivity index (χ3n) is 6.21. The first-order valence-electron chi connectivity index (χ1n) is 11.8. The maximum absolute atomic E-state index is 14.7. The topological polar surface area (TPSA) is 86.8 Å². The Kier molecular flexibility index (Phi) is 9.15. The zero-order chi connectivity index (χ0) is 25.6. The number of amides is 1. The summed E-state index contributed by atoms with van der Waals surface area (Å²) in [5.41, 5.74) is 1.71. The van der Waals surface area contributed by atoms with Crippen molar-refractivity contribution in [3.05, 3.63) is 59.4 Å². The van der Waals surface area contributed by atoms with Crippen LogP contribution >= 0.6 is 0 Å². The van der Waals surface area contributed by atoms with Gasteiger partial charge in [-0.1, -0.05) is 30.3 Å². The summed E-state index contributed by atoms with van der Waals surface area (Å²) >= 11 is 0. The highest BCUT2D eigenvalue weighted by Gasteiger charge is 2.28. The third-order valence-corrected chi connectivity index (χ3v) is 7.71. The lowest BCUT2D eigenvalue weighted by Gasteiger charge is -2.33. The number of benzene rings is 2. The van der Waals surface area contributed by atoms with Crippen LogP contribution in [0.1, 0.15) is 35.2 Å². The number of halogens is 1. The zero-order valence-corrected chi connectivity index (χ0v) is 21.4. The van der Waals surface area contributed by atoms with Crippen molar-refractivity contribution >= 4 is 21.7 Å². The molecule has 1 fully saturated rings. The Morgan fingerprint density at radius 3 is 2.54 bits per heavy atom. The normalized spacial score (nSPS) is 16.5. The van der Waals surface area contributed by atoms with E-state index in [4.69, 9.17) is 0 Å². The van der Waals surface area contributed by atoms with Gasteiger partial charge in [-0.05, 0) is 68.6 Å². The Morgan fingerprint density at radius 2 is 1.86 bits per heavy atom. The molecule has 1 saturated heterocycles. The van der Waals surface area contributed by atoms with Gasteiger partial charge in [0.25, 0.3) is 0 Å². The summed E-state index contributed by atoms with van der Waals surface area (Å²) < 4.78 is 42.5. The molecule has 2 aromatic rings. The van der Waals surface area contributed by atoms with Crippen molar-refractivity contribution < 1.29 is 22.4 Å². The molecule has 0 spiro atoms. The number of carbonyl (C=O) groups excluding carboxylic acids is 2. The Balaban J connectivity index is 1.61. The third kappa shape index (κ3) is 7.68. The first-order chi connectivity index (χ1) is 16.6. The Hall–Kier alpha value is -2.62. The van der Waals surface area contributed by atoms with Crippen LogP contribution < -0.4 is 4.72 Å². The molecule has 2 aromatic carbocycles. The minimum Gasteiger partial charge on any atom is -0.342 e. The number of nitrogens with one attached hydrogen (secondary N) is 1. The number of likely N-dealkylation sites (tertiary alicyclic amines) is 1. The molecule has 190 valence electrons. The molecule has 1 heterocycles. The number of piperidine rings is 1. The molecule has 9 heteroatoms. The van der Waals surface area contributed by atoms with Crippen molar-refractivity contribution in [2.75, 3.05) is 46.0 Å². The van der Waals surface area contributed by atoms with Gasteiger partial charge in [-0.2, -0.15) is 0 Å². The van der Waals surface area contributed by atoms with E-state index in [2.05, 4.69) is 4.72 Å². The van der Waals surface area contributed by atoms with Crippen molar-refractivity contribution in [2.24, 2.45) is 5.92 Å². The lowest BCUT2D eigenvalue weighted by molar-refractivity contribution is -0.133. The largest absolute Gasteiger partial charge is 0.342 e. The number of nitrogens with zero attached hydrogens (tertiary/aromatic N) is 2. The molecule has 3 rings (SSSR count). The fourth-order valence-corrected chi connectivity index (χ4v) is 5.68. The fraction of sp³-hybridized carbons (Fsp3) is 0.462. The molecule has 1 aliphatic heterocycles. The lowest BCUT2D eigenvalue weighted by atomic mass is 9.98. The summed E-state index contributed by atoms with van der Waals surface area (Å²) in [6.45, 7) is 2.72. The van der Waals surface area contributed by atoms with Crippen molar-refractivity contribution in [3.63, 3.8) is 0 Å². The first kappa shape index (κ1) is 27.0. The number of hydrogen-bond acceptors (Lipinski definition) is 5. The van der Waals surface area contributed by atoms with Crippen molar-refractivity contribution in [1.29, 1.82) is 0 Å². The standard InChI is InChI=1S/C26H34FN3O4S/c1-19-14-22(21-9-5-4-6-10-21)15-23(26(19)27)24(31)16-28-35(33,34)18-20-8-7-12-30(17-20)25(32)11-13-29(2)3/h4-6,9-10,14-15,20,28H,7-8,11-13,16-18H2,1-3H3. The van der Waals surface area contributed by atoms with Crippen LogP contribution in [-0.2, 0) is 14.8 Å². The van der Waals surface area contributed by atoms with Gasteiger partial charge in [0.1, 0.15) is 5.82 Å². The molecular weight excluding hydrogens is 469 g/mol. The highest BCUT2D eigenvalue weighted by molar-refractivity contribution is 7.89. The predicted molar refractivity (Wildman–Crippen MR) is 135 cm³/mol. The maximum Gasteiger partial charge on any atom is 0.223 e. The van der Waals surface area contributed by atoms with Crippen molar-refractivity contribution in [2.45, 2.75) is 26.2 Å². The number of ketones is 1. The van der Waals surface area contributed by atoms with E-state index < -0.39 is 28.2 Å². The second kappa shape index (κ2) is 11.9. The van der Waals surface area contributed by atoms with E-state index in [1.54, 1.807) is 17.9 Å². The number of carbonyl (C=O) groups is 2. The lowest BCUT2D eigenvalue weighted by Crippen LogP contribution is -2.44. The first-order valence-corrected chi connectivity index (χ1v) is 13.5. The molecule has 1 aliphatic rings.